The van der Waals surface area contributed by atoms with E-state index in [9.17, 15) is 0 Å². The molecule has 0 unspecified atom stereocenters. The topological polar surface area (TPSA) is 12.0 Å². The highest BCUT2D eigenvalue weighted by molar-refractivity contribution is 6.25. The Morgan fingerprint density at radius 1 is 0.424 bits per heavy atom. The van der Waals surface area contributed by atoms with Crippen molar-refractivity contribution in [1.29, 1.82) is 0 Å². The third-order valence-electron chi connectivity index (χ3n) is 5.94. The minimum absolute atomic E-state index is 0.744. The van der Waals surface area contributed by atoms with E-state index in [1.165, 1.54) is 0 Å². The molecule has 0 saturated carbocycles. The predicted octanol–water partition coefficient (Wildman–Crippen LogP) is 7.97. The fourth-order valence-corrected chi connectivity index (χ4v) is 4.77. The summed E-state index contributed by atoms with van der Waals surface area (Å²) in [7, 11) is 0. The van der Waals surface area contributed by atoms with E-state index in [1.54, 1.807) is 11.1 Å². The van der Waals surface area contributed by atoms with Crippen molar-refractivity contribution < 1.29 is 0 Å². The van der Waals surface area contributed by atoms with E-state index in [1.807, 2.05) is 84.9 Å². The summed E-state index contributed by atoms with van der Waals surface area (Å²) < 4.78 is 0. The average Bonchev–Trinajstić information content (AvgIpc) is 2.90. The SMILES string of the molecule is Cl/C=C/C(NC(/C=C/Cl)(c1ccccc1)c1ccccc1)(c1ccccc1)c1ccccc1. The molecule has 0 atom stereocenters. The summed E-state index contributed by atoms with van der Waals surface area (Å²) in [6.45, 7) is 0. The molecule has 0 aromatic heterocycles. The Balaban J connectivity index is 2.06. The van der Waals surface area contributed by atoms with Crippen LogP contribution in [0.1, 0.15) is 22.3 Å². The molecule has 33 heavy (non-hydrogen) atoms. The van der Waals surface area contributed by atoms with Crippen molar-refractivity contribution in [3.05, 3.63) is 167 Å². The van der Waals surface area contributed by atoms with Gasteiger partial charge in [0, 0.05) is 11.1 Å². The van der Waals surface area contributed by atoms with Crippen molar-refractivity contribution in [3.8, 4) is 0 Å². The van der Waals surface area contributed by atoms with E-state index in [0.717, 1.165) is 22.3 Å². The Kier molecular flexibility index (Phi) is 7.47. The Morgan fingerprint density at radius 3 is 0.879 bits per heavy atom. The smallest absolute Gasteiger partial charge is 0.0900 e. The zero-order valence-corrected chi connectivity index (χ0v) is 19.6. The molecule has 3 heteroatoms. The zero-order chi connectivity index (χ0) is 23.0. The van der Waals surface area contributed by atoms with Crippen LogP contribution < -0.4 is 5.32 Å². The van der Waals surface area contributed by atoms with Crippen molar-refractivity contribution in [3.63, 3.8) is 0 Å². The van der Waals surface area contributed by atoms with Gasteiger partial charge < -0.3 is 0 Å². The maximum atomic E-state index is 6.32. The van der Waals surface area contributed by atoms with Crippen LogP contribution in [0.5, 0.6) is 0 Å². The third kappa shape index (κ3) is 4.67. The molecule has 0 radical (unpaired) electrons. The first kappa shape index (κ1) is 23.1. The minimum atomic E-state index is -0.744. The van der Waals surface area contributed by atoms with Gasteiger partial charge in [-0.05, 0) is 34.4 Å². The summed E-state index contributed by atoms with van der Waals surface area (Å²) >= 11 is 12.6. The van der Waals surface area contributed by atoms with Crippen LogP contribution in [0.4, 0.5) is 0 Å². The lowest BCUT2D eigenvalue weighted by atomic mass is 9.75. The maximum Gasteiger partial charge on any atom is 0.0900 e. The van der Waals surface area contributed by atoms with Crippen molar-refractivity contribution in [1.82, 2.24) is 5.32 Å². The molecule has 4 aromatic carbocycles. The second-order valence-electron chi connectivity index (χ2n) is 7.79. The summed E-state index contributed by atoms with van der Waals surface area (Å²) in [6.07, 6.45) is 4.00. The first-order valence-corrected chi connectivity index (χ1v) is 11.7. The van der Waals surface area contributed by atoms with Crippen molar-refractivity contribution >= 4 is 23.2 Å². The Labute approximate surface area is 206 Å². The quantitative estimate of drug-likeness (QED) is 0.275. The van der Waals surface area contributed by atoms with Crippen LogP contribution >= 0.6 is 23.2 Å². The van der Waals surface area contributed by atoms with Crippen LogP contribution in [-0.2, 0) is 11.1 Å². The molecule has 0 bridgehead atoms. The van der Waals surface area contributed by atoms with Crippen LogP contribution in [0, 0.1) is 0 Å². The molecule has 1 nitrogen and oxygen atoms in total. The molecule has 4 rings (SSSR count). The number of hydrogen-bond donors (Lipinski definition) is 1. The highest BCUT2D eigenvalue weighted by Gasteiger charge is 2.42. The zero-order valence-electron chi connectivity index (χ0n) is 18.1. The molecule has 0 saturated heterocycles. The van der Waals surface area contributed by atoms with E-state index >= 15 is 0 Å². The lowest BCUT2D eigenvalue weighted by Gasteiger charge is -2.44. The van der Waals surface area contributed by atoms with Gasteiger partial charge >= 0.3 is 0 Å². The van der Waals surface area contributed by atoms with Crippen LogP contribution in [-0.4, -0.2) is 0 Å². The second kappa shape index (κ2) is 10.7. The number of benzene rings is 4. The molecule has 0 heterocycles. The van der Waals surface area contributed by atoms with E-state index in [4.69, 9.17) is 23.2 Å². The van der Waals surface area contributed by atoms with E-state index < -0.39 is 11.1 Å². The van der Waals surface area contributed by atoms with E-state index in [-0.39, 0.29) is 0 Å². The van der Waals surface area contributed by atoms with Gasteiger partial charge in [-0.25, -0.2) is 0 Å². The molecule has 4 aromatic rings. The van der Waals surface area contributed by atoms with Crippen LogP contribution in [0.3, 0.4) is 0 Å². The predicted molar refractivity (Wildman–Crippen MR) is 140 cm³/mol. The van der Waals surface area contributed by atoms with Gasteiger partial charge in [0.15, 0.2) is 0 Å². The first-order valence-electron chi connectivity index (χ1n) is 10.8. The van der Waals surface area contributed by atoms with Gasteiger partial charge in [-0.3, -0.25) is 5.32 Å². The maximum absolute atomic E-state index is 6.32. The molecule has 0 aliphatic heterocycles. The molecule has 0 aliphatic rings. The van der Waals surface area contributed by atoms with Crippen LogP contribution in [0.15, 0.2) is 145 Å². The van der Waals surface area contributed by atoms with Gasteiger partial charge in [-0.1, -0.05) is 145 Å². The standard InChI is InChI=1S/C30H25Cl2N/c31-23-21-29(25-13-5-1-6-14-25,26-15-7-2-8-16-26)33-30(22-24-32,27-17-9-3-10-18-27)28-19-11-4-12-20-28/h1-24,33H/b23-21+,24-22+. The van der Waals surface area contributed by atoms with Crippen molar-refractivity contribution in [2.24, 2.45) is 0 Å². The third-order valence-corrected chi connectivity index (χ3v) is 6.19. The molecule has 0 aliphatic carbocycles. The van der Waals surface area contributed by atoms with Gasteiger partial charge in [0.05, 0.1) is 11.1 Å². The van der Waals surface area contributed by atoms with Gasteiger partial charge in [-0.15, -0.1) is 0 Å². The van der Waals surface area contributed by atoms with Gasteiger partial charge in [0.25, 0.3) is 0 Å². The highest BCUT2D eigenvalue weighted by atomic mass is 35.5. The van der Waals surface area contributed by atoms with E-state index in [0.29, 0.717) is 0 Å². The lowest BCUT2D eigenvalue weighted by Crippen LogP contribution is -2.54. The van der Waals surface area contributed by atoms with Gasteiger partial charge in [0.2, 0.25) is 0 Å². The highest BCUT2D eigenvalue weighted by Crippen LogP contribution is 2.40. The molecule has 0 spiro atoms. The van der Waals surface area contributed by atoms with Crippen molar-refractivity contribution in [2.75, 3.05) is 0 Å². The molecule has 1 N–H and O–H groups in total. The fourth-order valence-electron chi connectivity index (χ4n) is 4.39. The number of halogens is 2. The molecule has 0 amide bonds. The summed E-state index contributed by atoms with van der Waals surface area (Å²) in [5.41, 5.74) is 5.92. The molecule has 0 fully saturated rings. The normalized spacial score (nSPS) is 12.4. The van der Waals surface area contributed by atoms with Crippen molar-refractivity contribution in [2.45, 2.75) is 11.1 Å². The molecule has 164 valence electrons. The Morgan fingerprint density at radius 2 is 0.667 bits per heavy atom. The Hall–Kier alpha value is -3.10. The number of rotatable bonds is 8. The summed E-state index contributed by atoms with van der Waals surface area (Å²) in [5, 5.41) is 4.01. The summed E-state index contributed by atoms with van der Waals surface area (Å²) in [6, 6.07) is 41.3. The Bertz CT molecular complexity index is 1010. The monoisotopic (exact) mass is 469 g/mol. The van der Waals surface area contributed by atoms with Crippen LogP contribution in [0.2, 0.25) is 0 Å². The van der Waals surface area contributed by atoms with Gasteiger partial charge in [0.1, 0.15) is 0 Å². The largest absolute Gasteiger partial charge is 0.284 e. The number of hydrogen-bond acceptors (Lipinski definition) is 1. The molecular formula is C30H25Cl2N. The lowest BCUT2D eigenvalue weighted by molar-refractivity contribution is 0.374. The summed E-state index contributed by atoms with van der Waals surface area (Å²) in [5.74, 6) is 0. The fraction of sp³-hybridized carbons (Fsp3) is 0.0667. The average molecular weight is 470 g/mol. The molecular weight excluding hydrogens is 445 g/mol. The van der Waals surface area contributed by atoms with E-state index in [2.05, 4.69) is 53.8 Å². The minimum Gasteiger partial charge on any atom is -0.284 e. The van der Waals surface area contributed by atoms with Gasteiger partial charge in [-0.2, -0.15) is 0 Å². The number of nitrogens with one attached hydrogen (secondary N) is 1. The summed E-state index contributed by atoms with van der Waals surface area (Å²) in [4.78, 5) is 0. The first-order chi connectivity index (χ1) is 16.2. The second-order valence-corrected chi connectivity index (χ2v) is 8.29. The van der Waals surface area contributed by atoms with Crippen LogP contribution in [0.25, 0.3) is 0 Å².